The van der Waals surface area contributed by atoms with Crippen molar-refractivity contribution in [1.82, 2.24) is 0 Å². The fraction of sp³-hybridized carbons (Fsp3) is 0.500. The quantitative estimate of drug-likeness (QED) is 0.856. The van der Waals surface area contributed by atoms with E-state index in [1.54, 1.807) is 0 Å². The van der Waals surface area contributed by atoms with E-state index in [0.717, 1.165) is 29.1 Å². The topological polar surface area (TPSA) is 26.0 Å². The van der Waals surface area contributed by atoms with Crippen LogP contribution in [-0.4, -0.2) is 11.5 Å². The summed E-state index contributed by atoms with van der Waals surface area (Å²) in [5.41, 5.74) is 7.36. The minimum Gasteiger partial charge on any atom is -0.326 e. The lowest BCUT2D eigenvalue weighted by atomic mass is 9.95. The molecule has 1 saturated heterocycles. The first-order valence-corrected chi connectivity index (χ1v) is 6.47. The molecule has 0 saturated carbocycles. The van der Waals surface area contributed by atoms with Crippen molar-refractivity contribution >= 4 is 11.8 Å². The van der Waals surface area contributed by atoms with Crippen LogP contribution in [0.1, 0.15) is 23.7 Å². The molecule has 0 bridgehead atoms. The Morgan fingerprint density at radius 2 is 2.40 bits per heavy atom. The third-order valence-electron chi connectivity index (χ3n) is 2.88. The van der Waals surface area contributed by atoms with Gasteiger partial charge in [0.15, 0.2) is 0 Å². The van der Waals surface area contributed by atoms with E-state index in [-0.39, 0.29) is 5.92 Å². The lowest BCUT2D eigenvalue weighted by molar-refractivity contribution is 0.251. The van der Waals surface area contributed by atoms with Crippen LogP contribution in [0.25, 0.3) is 0 Å². The molecule has 0 spiro atoms. The molecule has 3 heteroatoms. The van der Waals surface area contributed by atoms with Crippen LogP contribution in [0, 0.1) is 5.92 Å². The van der Waals surface area contributed by atoms with Gasteiger partial charge in [0.05, 0.1) is 0 Å². The van der Waals surface area contributed by atoms with Gasteiger partial charge in [-0.2, -0.15) is 11.8 Å². The Morgan fingerprint density at radius 1 is 1.53 bits per heavy atom. The molecular formula is C12H16FNS. The van der Waals surface area contributed by atoms with Crippen LogP contribution in [0.3, 0.4) is 0 Å². The van der Waals surface area contributed by atoms with Crippen LogP contribution < -0.4 is 5.73 Å². The molecule has 0 amide bonds. The monoisotopic (exact) mass is 225 g/mol. The molecule has 2 N–H and O–H groups in total. The molecule has 1 nitrogen and oxygen atoms in total. The Bertz CT molecular complexity index is 323. The SMILES string of the molecule is NCc1cccc(C(F)C2CCSC2)c1. The van der Waals surface area contributed by atoms with Crippen LogP contribution in [0.2, 0.25) is 0 Å². The Hall–Kier alpha value is -0.540. The zero-order valence-electron chi connectivity index (χ0n) is 8.66. The van der Waals surface area contributed by atoms with E-state index in [9.17, 15) is 4.39 Å². The van der Waals surface area contributed by atoms with Crippen molar-refractivity contribution in [3.8, 4) is 0 Å². The van der Waals surface area contributed by atoms with Crippen LogP contribution in [-0.2, 0) is 6.54 Å². The average Bonchev–Trinajstić information content (AvgIpc) is 2.81. The molecule has 0 aromatic heterocycles. The standard InChI is InChI=1S/C12H16FNS/c13-12(11-4-5-15-8-11)10-3-1-2-9(6-10)7-14/h1-3,6,11-12H,4-5,7-8,14H2. The number of thioether (sulfide) groups is 1. The van der Waals surface area contributed by atoms with Gasteiger partial charge < -0.3 is 5.73 Å². The van der Waals surface area contributed by atoms with E-state index in [2.05, 4.69) is 0 Å². The second-order valence-electron chi connectivity index (χ2n) is 3.97. The molecule has 1 heterocycles. The first-order valence-electron chi connectivity index (χ1n) is 5.32. The molecule has 15 heavy (non-hydrogen) atoms. The normalized spacial score (nSPS) is 22.9. The molecule has 82 valence electrons. The van der Waals surface area contributed by atoms with Gasteiger partial charge in [-0.25, -0.2) is 4.39 Å². The molecule has 1 aromatic rings. The van der Waals surface area contributed by atoms with Gasteiger partial charge in [0.1, 0.15) is 6.17 Å². The van der Waals surface area contributed by atoms with Crippen molar-refractivity contribution in [2.75, 3.05) is 11.5 Å². The van der Waals surface area contributed by atoms with E-state index >= 15 is 0 Å². The highest BCUT2D eigenvalue weighted by Gasteiger charge is 2.26. The van der Waals surface area contributed by atoms with Crippen molar-refractivity contribution in [3.05, 3.63) is 35.4 Å². The highest BCUT2D eigenvalue weighted by molar-refractivity contribution is 7.99. The highest BCUT2D eigenvalue weighted by Crippen LogP contribution is 2.36. The molecule has 0 aliphatic carbocycles. The molecule has 1 aliphatic heterocycles. The zero-order valence-corrected chi connectivity index (χ0v) is 9.47. The molecule has 2 unspecified atom stereocenters. The Labute approximate surface area is 94.2 Å². The fourth-order valence-electron chi connectivity index (χ4n) is 1.95. The lowest BCUT2D eigenvalue weighted by Crippen LogP contribution is -2.08. The molecular weight excluding hydrogens is 209 g/mol. The molecule has 1 fully saturated rings. The van der Waals surface area contributed by atoms with Crippen molar-refractivity contribution in [2.45, 2.75) is 19.1 Å². The van der Waals surface area contributed by atoms with Gasteiger partial charge in [-0.05, 0) is 29.1 Å². The van der Waals surface area contributed by atoms with Crippen LogP contribution in [0.5, 0.6) is 0 Å². The van der Waals surface area contributed by atoms with E-state index in [1.165, 1.54) is 0 Å². The van der Waals surface area contributed by atoms with Crippen LogP contribution in [0.4, 0.5) is 4.39 Å². The third-order valence-corrected chi connectivity index (χ3v) is 4.07. The van der Waals surface area contributed by atoms with Gasteiger partial charge in [0.25, 0.3) is 0 Å². The number of alkyl halides is 1. The van der Waals surface area contributed by atoms with E-state index in [0.29, 0.717) is 6.54 Å². The summed E-state index contributed by atoms with van der Waals surface area (Å²) < 4.78 is 14.1. The number of benzene rings is 1. The summed E-state index contributed by atoms with van der Waals surface area (Å²) in [4.78, 5) is 0. The van der Waals surface area contributed by atoms with Crippen molar-refractivity contribution < 1.29 is 4.39 Å². The van der Waals surface area contributed by atoms with E-state index in [1.807, 2.05) is 36.0 Å². The van der Waals surface area contributed by atoms with Gasteiger partial charge in [-0.1, -0.05) is 24.3 Å². The number of hydrogen-bond acceptors (Lipinski definition) is 2. The largest absolute Gasteiger partial charge is 0.326 e. The zero-order chi connectivity index (χ0) is 10.7. The summed E-state index contributed by atoms with van der Waals surface area (Å²) in [6.45, 7) is 0.486. The Morgan fingerprint density at radius 3 is 3.07 bits per heavy atom. The van der Waals surface area contributed by atoms with Gasteiger partial charge in [-0.15, -0.1) is 0 Å². The minimum absolute atomic E-state index is 0.197. The summed E-state index contributed by atoms with van der Waals surface area (Å²) in [5, 5.41) is 0. The second-order valence-corrected chi connectivity index (χ2v) is 5.12. The first kappa shape index (κ1) is 11.0. The first-order chi connectivity index (χ1) is 7.31. The van der Waals surface area contributed by atoms with Crippen LogP contribution in [0.15, 0.2) is 24.3 Å². The maximum absolute atomic E-state index is 14.1. The maximum atomic E-state index is 14.1. The third kappa shape index (κ3) is 2.52. The van der Waals surface area contributed by atoms with Crippen molar-refractivity contribution in [1.29, 1.82) is 0 Å². The number of rotatable bonds is 3. The Kier molecular flexibility index (Phi) is 3.65. The van der Waals surface area contributed by atoms with E-state index < -0.39 is 6.17 Å². The van der Waals surface area contributed by atoms with Crippen molar-refractivity contribution in [2.24, 2.45) is 11.7 Å². The molecule has 1 aromatic carbocycles. The highest BCUT2D eigenvalue weighted by atomic mass is 32.2. The summed E-state index contributed by atoms with van der Waals surface area (Å²) in [6, 6.07) is 7.60. The maximum Gasteiger partial charge on any atom is 0.129 e. The van der Waals surface area contributed by atoms with Gasteiger partial charge in [0, 0.05) is 12.5 Å². The smallest absolute Gasteiger partial charge is 0.129 e. The molecule has 2 rings (SSSR count). The molecule has 2 atom stereocenters. The van der Waals surface area contributed by atoms with Gasteiger partial charge in [0.2, 0.25) is 0 Å². The molecule has 0 radical (unpaired) electrons. The van der Waals surface area contributed by atoms with Crippen LogP contribution >= 0.6 is 11.8 Å². The summed E-state index contributed by atoms with van der Waals surface area (Å²) >= 11 is 1.85. The summed E-state index contributed by atoms with van der Waals surface area (Å²) in [5.74, 6) is 2.25. The second kappa shape index (κ2) is 4.99. The van der Waals surface area contributed by atoms with Gasteiger partial charge in [-0.3, -0.25) is 0 Å². The minimum atomic E-state index is -0.813. The number of halogens is 1. The number of nitrogens with two attached hydrogens (primary N) is 1. The van der Waals surface area contributed by atoms with E-state index in [4.69, 9.17) is 5.73 Å². The number of hydrogen-bond donors (Lipinski definition) is 1. The van der Waals surface area contributed by atoms with Gasteiger partial charge >= 0.3 is 0 Å². The fourth-order valence-corrected chi connectivity index (χ4v) is 3.22. The predicted octanol–water partition coefficient (Wildman–Crippen LogP) is 2.91. The predicted molar refractivity (Wildman–Crippen MR) is 63.6 cm³/mol. The summed E-state index contributed by atoms with van der Waals surface area (Å²) in [7, 11) is 0. The lowest BCUT2D eigenvalue weighted by Gasteiger charge is -2.15. The summed E-state index contributed by atoms with van der Waals surface area (Å²) in [6.07, 6.45) is 0.185. The van der Waals surface area contributed by atoms with Crippen molar-refractivity contribution in [3.63, 3.8) is 0 Å². The average molecular weight is 225 g/mol. The molecule has 1 aliphatic rings. The Balaban J connectivity index is 2.13.